The number of nitrogens with one attached hydrogen (secondary N) is 1. The zero-order chi connectivity index (χ0) is 27.7. The molecule has 4 heterocycles. The first-order chi connectivity index (χ1) is 18.6. The van der Waals surface area contributed by atoms with Gasteiger partial charge in [-0.3, -0.25) is 4.79 Å². The molecule has 0 bridgehead atoms. The van der Waals surface area contributed by atoms with Crippen molar-refractivity contribution in [1.29, 1.82) is 0 Å². The van der Waals surface area contributed by atoms with E-state index >= 15 is 0 Å². The van der Waals surface area contributed by atoms with Gasteiger partial charge in [0, 0.05) is 44.8 Å². The number of piperazine rings is 1. The molecular weight excluding hydrogens is 496 g/mol. The first kappa shape index (κ1) is 26.9. The van der Waals surface area contributed by atoms with Crippen LogP contribution in [0.15, 0.2) is 30.6 Å². The number of hydrogen-bond donors (Lipinski definition) is 1. The molecule has 0 radical (unpaired) electrons. The summed E-state index contributed by atoms with van der Waals surface area (Å²) < 4.78 is 2.10. The van der Waals surface area contributed by atoms with Crippen LogP contribution in [0.25, 0.3) is 11.0 Å². The van der Waals surface area contributed by atoms with Gasteiger partial charge in [-0.1, -0.05) is 12.8 Å². The Morgan fingerprint density at radius 3 is 2.36 bits per heavy atom. The van der Waals surface area contributed by atoms with Gasteiger partial charge < -0.3 is 24.5 Å². The molecule has 1 aliphatic carbocycles. The van der Waals surface area contributed by atoms with Gasteiger partial charge in [-0.15, -0.1) is 5.06 Å². The number of hydrogen-bond acceptors (Lipinski definition) is 9. The molecule has 1 N–H and O–H groups in total. The second kappa shape index (κ2) is 10.8. The van der Waals surface area contributed by atoms with E-state index in [0.29, 0.717) is 30.5 Å². The highest BCUT2D eigenvalue weighted by Crippen LogP contribution is 2.35. The molecule has 0 spiro atoms. The fourth-order valence-electron chi connectivity index (χ4n) is 5.05. The maximum Gasteiger partial charge on any atom is 0.330 e. The molecule has 39 heavy (non-hydrogen) atoms. The van der Waals surface area contributed by atoms with Gasteiger partial charge in [-0.05, 0) is 51.8 Å². The zero-order valence-electron chi connectivity index (χ0n) is 23.5. The number of nitrogens with zero attached hydrogens (tertiary/aromatic N) is 7. The zero-order valence-corrected chi connectivity index (χ0v) is 23.5. The predicted molar refractivity (Wildman–Crippen MR) is 150 cm³/mol. The average Bonchev–Trinajstić information content (AvgIpc) is 3.56. The predicted octanol–water partition coefficient (Wildman–Crippen LogP) is 4.01. The number of fused-ring (bicyclic) bond motifs is 1. The van der Waals surface area contributed by atoms with E-state index in [9.17, 15) is 9.59 Å². The molecule has 1 saturated carbocycles. The van der Waals surface area contributed by atoms with E-state index in [4.69, 9.17) is 9.82 Å². The molecule has 0 atom stereocenters. The van der Waals surface area contributed by atoms with Crippen molar-refractivity contribution < 1.29 is 14.4 Å². The van der Waals surface area contributed by atoms with Crippen LogP contribution in [0.5, 0.6) is 0 Å². The summed E-state index contributed by atoms with van der Waals surface area (Å²) in [5, 5.41) is 5.81. The van der Waals surface area contributed by atoms with Gasteiger partial charge in [0.05, 0.1) is 30.4 Å². The minimum Gasteiger partial charge on any atom is -0.367 e. The van der Waals surface area contributed by atoms with Crippen molar-refractivity contribution >= 4 is 40.4 Å². The number of aromatic nitrogens is 4. The van der Waals surface area contributed by atoms with Crippen LogP contribution < -0.4 is 10.2 Å². The number of hydroxylamine groups is 2. The third-order valence-corrected chi connectivity index (χ3v) is 7.31. The maximum absolute atomic E-state index is 12.9. The summed E-state index contributed by atoms with van der Waals surface area (Å²) in [6.45, 7) is 8.30. The van der Waals surface area contributed by atoms with Gasteiger partial charge in [0.2, 0.25) is 5.95 Å². The van der Waals surface area contributed by atoms with Crippen molar-refractivity contribution in [2.24, 2.45) is 5.41 Å². The smallest absolute Gasteiger partial charge is 0.330 e. The van der Waals surface area contributed by atoms with Crippen LogP contribution in [0.1, 0.15) is 63.0 Å². The Kier molecular flexibility index (Phi) is 7.44. The second-order valence-corrected chi connectivity index (χ2v) is 11.6. The van der Waals surface area contributed by atoms with E-state index in [1.54, 1.807) is 30.3 Å². The summed E-state index contributed by atoms with van der Waals surface area (Å²) in [7, 11) is 3.55. The number of anilines is 3. The van der Waals surface area contributed by atoms with Crippen molar-refractivity contribution in [3.63, 3.8) is 0 Å². The number of rotatable bonds is 6. The van der Waals surface area contributed by atoms with E-state index in [1.807, 2.05) is 45.2 Å². The van der Waals surface area contributed by atoms with Crippen LogP contribution in [0.3, 0.4) is 0 Å². The van der Waals surface area contributed by atoms with E-state index in [1.165, 1.54) is 0 Å². The van der Waals surface area contributed by atoms with E-state index in [0.717, 1.165) is 55.5 Å². The average molecular weight is 535 g/mol. The minimum absolute atomic E-state index is 0.0279. The number of pyridine rings is 1. The van der Waals surface area contributed by atoms with Gasteiger partial charge in [0.25, 0.3) is 5.91 Å². The van der Waals surface area contributed by atoms with Crippen molar-refractivity contribution in [3.05, 3.63) is 36.3 Å². The highest BCUT2D eigenvalue weighted by Gasteiger charge is 2.28. The van der Waals surface area contributed by atoms with Gasteiger partial charge in [-0.25, -0.2) is 14.8 Å². The van der Waals surface area contributed by atoms with Crippen molar-refractivity contribution in [1.82, 2.24) is 29.5 Å². The molecule has 2 fully saturated rings. The summed E-state index contributed by atoms with van der Waals surface area (Å²) in [5.41, 5.74) is 1.90. The molecule has 2 aliphatic rings. The van der Waals surface area contributed by atoms with Crippen molar-refractivity contribution in [2.75, 3.05) is 50.5 Å². The Morgan fingerprint density at radius 1 is 1.03 bits per heavy atom. The standard InChI is InChI=1S/C28H38N8O3/c1-28(2,3)26(38)39-35-14-12-34(13-15-35)21-10-11-23(29-18-21)31-27-30-17-19-16-22(25(37)33(4)5)36(24(19)32-27)20-8-6-7-9-20/h10-11,16-18,20H,6-9,12-15H2,1-5H3,(H,29,30,31,32). The summed E-state index contributed by atoms with van der Waals surface area (Å²) in [6.07, 6.45) is 7.99. The fourth-order valence-corrected chi connectivity index (χ4v) is 5.05. The quantitative estimate of drug-likeness (QED) is 0.502. The molecule has 11 nitrogen and oxygen atoms in total. The Hall–Kier alpha value is -3.73. The van der Waals surface area contributed by atoms with Gasteiger partial charge >= 0.3 is 5.97 Å². The van der Waals surface area contributed by atoms with Crippen LogP contribution in [0.4, 0.5) is 17.5 Å². The lowest BCUT2D eigenvalue weighted by Crippen LogP contribution is -2.48. The Bertz CT molecular complexity index is 1330. The van der Waals surface area contributed by atoms with Crippen LogP contribution in [0.2, 0.25) is 0 Å². The van der Waals surface area contributed by atoms with Crippen molar-refractivity contribution in [2.45, 2.75) is 52.5 Å². The SMILES string of the molecule is CN(C)C(=O)c1cc2cnc(Nc3ccc(N4CCN(OC(=O)C(C)(C)C)CC4)cn3)nc2n1C1CCCC1. The molecule has 1 aliphatic heterocycles. The first-order valence-corrected chi connectivity index (χ1v) is 13.6. The topological polar surface area (TPSA) is 109 Å². The van der Waals surface area contributed by atoms with E-state index in [-0.39, 0.29) is 17.9 Å². The highest BCUT2D eigenvalue weighted by atomic mass is 16.7. The summed E-state index contributed by atoms with van der Waals surface area (Å²) in [4.78, 5) is 48.3. The number of carbonyl (C=O) groups is 2. The molecule has 3 aromatic rings. The molecule has 0 aromatic carbocycles. The molecular formula is C28H38N8O3. The third kappa shape index (κ3) is 5.83. The van der Waals surface area contributed by atoms with E-state index in [2.05, 4.69) is 24.8 Å². The van der Waals surface area contributed by atoms with Crippen molar-refractivity contribution in [3.8, 4) is 0 Å². The molecule has 208 valence electrons. The van der Waals surface area contributed by atoms with Crippen LogP contribution in [0, 0.1) is 5.41 Å². The molecule has 1 saturated heterocycles. The largest absolute Gasteiger partial charge is 0.367 e. The highest BCUT2D eigenvalue weighted by molar-refractivity contribution is 5.97. The van der Waals surface area contributed by atoms with Crippen LogP contribution >= 0.6 is 0 Å². The Balaban J connectivity index is 1.27. The van der Waals surface area contributed by atoms with Gasteiger partial charge in [0.1, 0.15) is 17.2 Å². The Labute approximate surface area is 229 Å². The van der Waals surface area contributed by atoms with Gasteiger partial charge in [0.15, 0.2) is 0 Å². The normalized spacial score (nSPS) is 17.0. The molecule has 0 unspecified atom stereocenters. The summed E-state index contributed by atoms with van der Waals surface area (Å²) in [5.74, 6) is 0.835. The molecule has 3 aromatic heterocycles. The molecule has 1 amide bonds. The molecule has 11 heteroatoms. The maximum atomic E-state index is 12.9. The summed E-state index contributed by atoms with van der Waals surface area (Å²) in [6, 6.07) is 6.08. The van der Waals surface area contributed by atoms with Gasteiger partial charge in [-0.2, -0.15) is 4.98 Å². The monoisotopic (exact) mass is 534 g/mol. The number of carbonyl (C=O) groups excluding carboxylic acids is 2. The second-order valence-electron chi connectivity index (χ2n) is 11.6. The van der Waals surface area contributed by atoms with Crippen LogP contribution in [-0.2, 0) is 9.63 Å². The third-order valence-electron chi connectivity index (χ3n) is 7.31. The fraction of sp³-hybridized carbons (Fsp3) is 0.536. The lowest BCUT2D eigenvalue weighted by atomic mass is 9.98. The Morgan fingerprint density at radius 2 is 1.74 bits per heavy atom. The summed E-state index contributed by atoms with van der Waals surface area (Å²) >= 11 is 0. The first-order valence-electron chi connectivity index (χ1n) is 13.6. The number of amides is 1. The van der Waals surface area contributed by atoms with Crippen LogP contribution in [-0.4, -0.2) is 81.6 Å². The minimum atomic E-state index is -0.524. The molecule has 5 rings (SSSR count). The lowest BCUT2D eigenvalue weighted by molar-refractivity contribution is -0.201. The van der Waals surface area contributed by atoms with E-state index < -0.39 is 5.41 Å². The lowest BCUT2D eigenvalue weighted by Gasteiger charge is -2.35.